The van der Waals surface area contributed by atoms with Crippen LogP contribution in [0.15, 0.2) is 52.4 Å². The molecule has 0 spiro atoms. The highest BCUT2D eigenvalue weighted by atomic mass is 35.5. The SMILES string of the molecule is O=C(CSc1nc2sc3c(c2c(=O)n1-c1ccc(Cl)cc1)CCCC3)Nc1ccc(Cl)c(Cl)c1. The quantitative estimate of drug-likeness (QED) is 0.214. The lowest BCUT2D eigenvalue weighted by atomic mass is 9.97. The lowest BCUT2D eigenvalue weighted by Crippen LogP contribution is -2.23. The molecule has 5 nitrogen and oxygen atoms in total. The second kappa shape index (κ2) is 9.91. The van der Waals surface area contributed by atoms with Crippen molar-refractivity contribution in [3.63, 3.8) is 0 Å². The molecule has 0 bridgehead atoms. The van der Waals surface area contributed by atoms with E-state index in [0.717, 1.165) is 36.1 Å². The van der Waals surface area contributed by atoms with E-state index in [9.17, 15) is 9.59 Å². The topological polar surface area (TPSA) is 64.0 Å². The third-order valence-electron chi connectivity index (χ3n) is 5.58. The van der Waals surface area contributed by atoms with Crippen molar-refractivity contribution >= 4 is 79.7 Å². The molecule has 0 radical (unpaired) electrons. The van der Waals surface area contributed by atoms with Crippen molar-refractivity contribution < 1.29 is 4.79 Å². The van der Waals surface area contributed by atoms with Crippen LogP contribution in [-0.4, -0.2) is 21.2 Å². The van der Waals surface area contributed by atoms with Crippen LogP contribution < -0.4 is 10.9 Å². The molecule has 0 unspecified atom stereocenters. The number of fused-ring (bicyclic) bond motifs is 3. The van der Waals surface area contributed by atoms with E-state index in [2.05, 4.69) is 5.32 Å². The average Bonchev–Trinajstić information content (AvgIpc) is 3.20. The van der Waals surface area contributed by atoms with E-state index in [0.29, 0.717) is 37.0 Å². The van der Waals surface area contributed by atoms with Gasteiger partial charge in [0.25, 0.3) is 5.56 Å². The maximum absolute atomic E-state index is 13.7. The Kier molecular flexibility index (Phi) is 6.91. The summed E-state index contributed by atoms with van der Waals surface area (Å²) in [5.74, 6) is -0.178. The number of hydrogen-bond acceptors (Lipinski definition) is 5. The number of thioether (sulfide) groups is 1. The molecule has 0 saturated heterocycles. The molecule has 34 heavy (non-hydrogen) atoms. The number of amides is 1. The van der Waals surface area contributed by atoms with Gasteiger partial charge in [0.15, 0.2) is 5.16 Å². The van der Waals surface area contributed by atoms with Gasteiger partial charge in [-0.15, -0.1) is 11.3 Å². The number of aryl methyl sites for hydroxylation is 2. The van der Waals surface area contributed by atoms with Gasteiger partial charge in [0.2, 0.25) is 5.91 Å². The average molecular weight is 551 g/mol. The zero-order valence-electron chi connectivity index (χ0n) is 17.7. The minimum absolute atomic E-state index is 0.0663. The summed E-state index contributed by atoms with van der Waals surface area (Å²) in [6, 6.07) is 12.0. The Labute approximate surface area is 219 Å². The summed E-state index contributed by atoms with van der Waals surface area (Å²) in [5, 5.41) is 5.31. The minimum atomic E-state index is -0.245. The Morgan fingerprint density at radius 2 is 1.82 bits per heavy atom. The van der Waals surface area contributed by atoms with Crippen molar-refractivity contribution in [2.45, 2.75) is 30.8 Å². The van der Waals surface area contributed by atoms with E-state index < -0.39 is 0 Å². The first-order valence-corrected chi connectivity index (χ1v) is 13.6. The summed E-state index contributed by atoms with van der Waals surface area (Å²) in [6.07, 6.45) is 4.07. The Morgan fingerprint density at radius 1 is 1.06 bits per heavy atom. The summed E-state index contributed by atoms with van der Waals surface area (Å²) in [4.78, 5) is 33.2. The monoisotopic (exact) mass is 549 g/mol. The second-order valence-electron chi connectivity index (χ2n) is 7.87. The summed E-state index contributed by atoms with van der Waals surface area (Å²) < 4.78 is 1.58. The Hall–Kier alpha value is -2.03. The molecule has 2 aromatic heterocycles. The normalized spacial score (nSPS) is 13.1. The van der Waals surface area contributed by atoms with Crippen LogP contribution in [0.1, 0.15) is 23.3 Å². The van der Waals surface area contributed by atoms with Crippen LogP contribution >= 0.6 is 57.9 Å². The van der Waals surface area contributed by atoms with Crippen LogP contribution in [0.3, 0.4) is 0 Å². The molecular formula is C24H18Cl3N3O2S2. The highest BCUT2D eigenvalue weighted by Crippen LogP contribution is 2.35. The molecule has 2 aromatic carbocycles. The van der Waals surface area contributed by atoms with Gasteiger partial charge < -0.3 is 5.32 Å². The molecule has 10 heteroatoms. The predicted octanol–water partition coefficient (Wildman–Crippen LogP) is 7.02. The van der Waals surface area contributed by atoms with Gasteiger partial charge >= 0.3 is 0 Å². The molecule has 1 amide bonds. The largest absolute Gasteiger partial charge is 0.325 e. The van der Waals surface area contributed by atoms with E-state index in [1.165, 1.54) is 16.6 Å². The Bertz CT molecular complexity index is 1470. The van der Waals surface area contributed by atoms with Crippen molar-refractivity contribution in [3.8, 4) is 5.69 Å². The zero-order chi connectivity index (χ0) is 23.8. The first-order valence-electron chi connectivity index (χ1n) is 10.6. The number of benzene rings is 2. The fraction of sp³-hybridized carbons (Fsp3) is 0.208. The van der Waals surface area contributed by atoms with Gasteiger partial charge in [0, 0.05) is 15.6 Å². The molecule has 0 aliphatic heterocycles. The number of anilines is 1. The molecule has 4 aromatic rings. The number of carbonyl (C=O) groups is 1. The van der Waals surface area contributed by atoms with Crippen molar-refractivity contribution in [2.75, 3.05) is 11.1 Å². The third kappa shape index (κ3) is 4.72. The van der Waals surface area contributed by atoms with Gasteiger partial charge in [-0.3, -0.25) is 14.2 Å². The maximum atomic E-state index is 13.7. The first kappa shape index (κ1) is 23.7. The lowest BCUT2D eigenvalue weighted by Gasteiger charge is -2.14. The van der Waals surface area contributed by atoms with Crippen molar-refractivity contribution in [1.29, 1.82) is 0 Å². The zero-order valence-corrected chi connectivity index (χ0v) is 21.6. The lowest BCUT2D eigenvalue weighted by molar-refractivity contribution is -0.113. The molecule has 0 atom stereocenters. The summed E-state index contributed by atoms with van der Waals surface area (Å²) in [5.41, 5.74) is 2.22. The standard InChI is InChI=1S/C24H18Cl3N3O2S2/c25-13-5-8-15(9-6-13)30-23(32)21-16-3-1-2-4-19(16)34-22(21)29-24(30)33-12-20(31)28-14-7-10-17(26)18(27)11-14/h5-11H,1-4,12H2,(H,28,31). The Morgan fingerprint density at radius 3 is 2.59 bits per heavy atom. The van der Waals surface area contributed by atoms with E-state index >= 15 is 0 Å². The fourth-order valence-corrected chi connectivity index (χ4v) is 6.54. The molecule has 0 fully saturated rings. The van der Waals surface area contributed by atoms with Crippen LogP contribution in [0.4, 0.5) is 5.69 Å². The van der Waals surface area contributed by atoms with Gasteiger partial charge in [-0.2, -0.15) is 0 Å². The summed E-state index contributed by atoms with van der Waals surface area (Å²) in [7, 11) is 0. The van der Waals surface area contributed by atoms with E-state index in [4.69, 9.17) is 39.8 Å². The van der Waals surface area contributed by atoms with Gasteiger partial charge in [-0.25, -0.2) is 4.98 Å². The number of thiophene rings is 1. The molecule has 1 N–H and O–H groups in total. The van der Waals surface area contributed by atoms with Crippen molar-refractivity contribution in [3.05, 3.63) is 78.3 Å². The number of nitrogens with zero attached hydrogens (tertiary/aromatic N) is 2. The first-order chi connectivity index (χ1) is 16.4. The highest BCUT2D eigenvalue weighted by Gasteiger charge is 2.23. The summed E-state index contributed by atoms with van der Waals surface area (Å²) >= 11 is 20.9. The van der Waals surface area contributed by atoms with Gasteiger partial charge in [-0.05, 0) is 73.7 Å². The van der Waals surface area contributed by atoms with Crippen molar-refractivity contribution in [1.82, 2.24) is 9.55 Å². The maximum Gasteiger partial charge on any atom is 0.267 e. The molecule has 5 rings (SSSR count). The minimum Gasteiger partial charge on any atom is -0.325 e. The number of carbonyl (C=O) groups excluding carboxylic acids is 1. The molecule has 1 aliphatic carbocycles. The molecule has 0 saturated carbocycles. The van der Waals surface area contributed by atoms with Gasteiger partial charge in [-0.1, -0.05) is 46.6 Å². The van der Waals surface area contributed by atoms with E-state index in [1.807, 2.05) is 0 Å². The smallest absolute Gasteiger partial charge is 0.267 e. The third-order valence-corrected chi connectivity index (χ3v) is 8.69. The van der Waals surface area contributed by atoms with Gasteiger partial charge in [0.1, 0.15) is 4.83 Å². The molecule has 2 heterocycles. The van der Waals surface area contributed by atoms with Crippen molar-refractivity contribution in [2.24, 2.45) is 0 Å². The molecular weight excluding hydrogens is 533 g/mol. The van der Waals surface area contributed by atoms with Crippen LogP contribution in [-0.2, 0) is 17.6 Å². The summed E-state index contributed by atoms with van der Waals surface area (Å²) in [6.45, 7) is 0. The van der Waals surface area contributed by atoms with E-state index in [-0.39, 0.29) is 17.2 Å². The van der Waals surface area contributed by atoms with Crippen LogP contribution in [0, 0.1) is 0 Å². The van der Waals surface area contributed by atoms with E-state index in [1.54, 1.807) is 58.4 Å². The number of halogens is 3. The highest BCUT2D eigenvalue weighted by molar-refractivity contribution is 7.99. The fourth-order valence-electron chi connectivity index (χ4n) is 4.00. The number of rotatable bonds is 5. The van der Waals surface area contributed by atoms with Crippen LogP contribution in [0.5, 0.6) is 0 Å². The molecule has 174 valence electrons. The predicted molar refractivity (Wildman–Crippen MR) is 143 cm³/mol. The number of hydrogen-bond donors (Lipinski definition) is 1. The molecule has 1 aliphatic rings. The van der Waals surface area contributed by atoms with Gasteiger partial charge in [0.05, 0.1) is 26.9 Å². The number of aromatic nitrogens is 2. The van der Waals surface area contributed by atoms with Crippen LogP contribution in [0.25, 0.3) is 15.9 Å². The Balaban J connectivity index is 1.50. The number of nitrogens with one attached hydrogen (secondary N) is 1. The van der Waals surface area contributed by atoms with Crippen LogP contribution in [0.2, 0.25) is 15.1 Å². The second-order valence-corrected chi connectivity index (χ2v) is 11.1.